The van der Waals surface area contributed by atoms with Crippen LogP contribution >= 0.6 is 0 Å². The SMILES string of the molecule is OCCn1nnc(-c2ccccc2Nc2cccc(F)c2)n1. The van der Waals surface area contributed by atoms with Gasteiger partial charge in [-0.25, -0.2) is 4.39 Å². The van der Waals surface area contributed by atoms with Gasteiger partial charge in [-0.05, 0) is 35.5 Å². The lowest BCUT2D eigenvalue weighted by Crippen LogP contribution is -2.05. The molecule has 0 spiro atoms. The van der Waals surface area contributed by atoms with Gasteiger partial charge in [-0.15, -0.1) is 10.2 Å². The molecule has 2 N–H and O–H groups in total. The lowest BCUT2D eigenvalue weighted by atomic mass is 10.1. The summed E-state index contributed by atoms with van der Waals surface area (Å²) in [6, 6.07) is 13.6. The fourth-order valence-corrected chi connectivity index (χ4v) is 2.04. The van der Waals surface area contributed by atoms with E-state index in [0.717, 1.165) is 11.3 Å². The smallest absolute Gasteiger partial charge is 0.207 e. The number of aliphatic hydroxyl groups is 1. The van der Waals surface area contributed by atoms with E-state index in [0.29, 0.717) is 11.5 Å². The highest BCUT2D eigenvalue weighted by Gasteiger charge is 2.11. The van der Waals surface area contributed by atoms with Crippen LogP contribution in [-0.4, -0.2) is 31.9 Å². The summed E-state index contributed by atoms with van der Waals surface area (Å²) < 4.78 is 13.3. The lowest BCUT2D eigenvalue weighted by Gasteiger charge is -2.09. The number of nitrogens with zero attached hydrogens (tertiary/aromatic N) is 4. The van der Waals surface area contributed by atoms with Crippen molar-refractivity contribution in [2.24, 2.45) is 0 Å². The Morgan fingerprint density at radius 3 is 2.82 bits per heavy atom. The second-order valence-electron chi connectivity index (χ2n) is 4.61. The number of rotatable bonds is 5. The lowest BCUT2D eigenvalue weighted by molar-refractivity contribution is 0.259. The van der Waals surface area contributed by atoms with Crippen LogP contribution in [0, 0.1) is 5.82 Å². The number of tetrazole rings is 1. The Kier molecular flexibility index (Phi) is 4.06. The molecule has 1 heterocycles. The van der Waals surface area contributed by atoms with Gasteiger partial charge in [-0.1, -0.05) is 18.2 Å². The van der Waals surface area contributed by atoms with Gasteiger partial charge in [0.2, 0.25) is 5.82 Å². The number of benzene rings is 2. The summed E-state index contributed by atoms with van der Waals surface area (Å²) in [5.74, 6) is 0.127. The molecule has 0 aliphatic carbocycles. The minimum atomic E-state index is -0.311. The predicted molar refractivity (Wildman–Crippen MR) is 80.0 cm³/mol. The summed E-state index contributed by atoms with van der Waals surface area (Å²) in [6.07, 6.45) is 0. The zero-order valence-corrected chi connectivity index (χ0v) is 11.6. The van der Waals surface area contributed by atoms with Crippen molar-refractivity contribution in [3.8, 4) is 11.4 Å². The number of hydrogen-bond donors (Lipinski definition) is 2. The maximum atomic E-state index is 13.3. The van der Waals surface area contributed by atoms with Crippen molar-refractivity contribution in [3.63, 3.8) is 0 Å². The summed E-state index contributed by atoms with van der Waals surface area (Å²) in [5.41, 5.74) is 2.13. The summed E-state index contributed by atoms with van der Waals surface area (Å²) in [5, 5.41) is 24.1. The van der Waals surface area contributed by atoms with Gasteiger partial charge in [0.05, 0.1) is 13.2 Å². The molecule has 3 aromatic rings. The first kappa shape index (κ1) is 14.2. The van der Waals surface area contributed by atoms with E-state index >= 15 is 0 Å². The van der Waals surface area contributed by atoms with E-state index in [4.69, 9.17) is 5.11 Å². The molecule has 0 atom stereocenters. The van der Waals surface area contributed by atoms with Crippen LogP contribution in [0.2, 0.25) is 0 Å². The van der Waals surface area contributed by atoms with Gasteiger partial charge >= 0.3 is 0 Å². The first-order chi connectivity index (χ1) is 10.8. The normalized spacial score (nSPS) is 10.6. The van der Waals surface area contributed by atoms with Crippen LogP contribution < -0.4 is 5.32 Å². The maximum Gasteiger partial charge on any atom is 0.207 e. The number of para-hydroxylation sites is 1. The van der Waals surface area contributed by atoms with Crippen LogP contribution in [0.25, 0.3) is 11.4 Å². The molecule has 3 rings (SSSR count). The molecule has 0 bridgehead atoms. The number of halogens is 1. The Balaban J connectivity index is 1.92. The minimum absolute atomic E-state index is 0.0566. The van der Waals surface area contributed by atoms with Gasteiger partial charge in [0.15, 0.2) is 0 Å². The molecule has 0 unspecified atom stereocenters. The van der Waals surface area contributed by atoms with E-state index in [2.05, 4.69) is 20.7 Å². The predicted octanol–water partition coefficient (Wildman–Crippen LogP) is 2.22. The summed E-state index contributed by atoms with van der Waals surface area (Å²) in [4.78, 5) is 1.33. The quantitative estimate of drug-likeness (QED) is 0.755. The van der Waals surface area contributed by atoms with E-state index in [-0.39, 0.29) is 19.0 Å². The molecule has 0 aliphatic heterocycles. The minimum Gasteiger partial charge on any atom is -0.394 e. The third kappa shape index (κ3) is 3.09. The van der Waals surface area contributed by atoms with Crippen molar-refractivity contribution in [2.45, 2.75) is 6.54 Å². The Bertz CT molecular complexity index is 774. The van der Waals surface area contributed by atoms with E-state index in [1.165, 1.54) is 16.9 Å². The second-order valence-corrected chi connectivity index (χ2v) is 4.61. The topological polar surface area (TPSA) is 75.9 Å². The number of aliphatic hydroxyl groups excluding tert-OH is 1. The van der Waals surface area contributed by atoms with E-state index in [1.807, 2.05) is 24.3 Å². The number of nitrogens with one attached hydrogen (secondary N) is 1. The van der Waals surface area contributed by atoms with Gasteiger partial charge in [0, 0.05) is 16.9 Å². The Morgan fingerprint density at radius 1 is 1.14 bits per heavy atom. The fraction of sp³-hybridized carbons (Fsp3) is 0.133. The molecule has 2 aromatic carbocycles. The van der Waals surface area contributed by atoms with Crippen molar-refractivity contribution >= 4 is 11.4 Å². The molecule has 22 heavy (non-hydrogen) atoms. The van der Waals surface area contributed by atoms with Crippen molar-refractivity contribution < 1.29 is 9.50 Å². The third-order valence-electron chi connectivity index (χ3n) is 3.02. The van der Waals surface area contributed by atoms with Crippen molar-refractivity contribution in [2.75, 3.05) is 11.9 Å². The van der Waals surface area contributed by atoms with Gasteiger partial charge in [0.25, 0.3) is 0 Å². The number of anilines is 2. The van der Waals surface area contributed by atoms with Crippen LogP contribution in [0.5, 0.6) is 0 Å². The number of aromatic nitrogens is 4. The first-order valence-corrected chi connectivity index (χ1v) is 6.77. The molecule has 0 radical (unpaired) electrons. The Labute approximate surface area is 126 Å². The van der Waals surface area contributed by atoms with Crippen LogP contribution in [0.3, 0.4) is 0 Å². The molecule has 0 aliphatic rings. The Hall–Kier alpha value is -2.80. The van der Waals surface area contributed by atoms with Crippen molar-refractivity contribution in [1.29, 1.82) is 0 Å². The fourth-order valence-electron chi connectivity index (χ4n) is 2.04. The van der Waals surface area contributed by atoms with Gasteiger partial charge < -0.3 is 10.4 Å². The highest BCUT2D eigenvalue weighted by molar-refractivity contribution is 5.77. The van der Waals surface area contributed by atoms with Gasteiger partial charge in [0.1, 0.15) is 5.82 Å². The number of hydrogen-bond acceptors (Lipinski definition) is 5. The van der Waals surface area contributed by atoms with E-state index in [1.54, 1.807) is 12.1 Å². The summed E-state index contributed by atoms with van der Waals surface area (Å²) in [6.45, 7) is 0.228. The van der Waals surface area contributed by atoms with Crippen molar-refractivity contribution in [1.82, 2.24) is 20.2 Å². The highest BCUT2D eigenvalue weighted by atomic mass is 19.1. The molecule has 0 amide bonds. The van der Waals surface area contributed by atoms with Crippen molar-refractivity contribution in [3.05, 3.63) is 54.3 Å². The average molecular weight is 299 g/mol. The highest BCUT2D eigenvalue weighted by Crippen LogP contribution is 2.27. The van der Waals surface area contributed by atoms with E-state index < -0.39 is 0 Å². The largest absolute Gasteiger partial charge is 0.394 e. The molecule has 7 heteroatoms. The second kappa shape index (κ2) is 6.31. The van der Waals surface area contributed by atoms with Gasteiger partial charge in [-0.2, -0.15) is 4.80 Å². The molecule has 1 aromatic heterocycles. The maximum absolute atomic E-state index is 13.3. The zero-order valence-electron chi connectivity index (χ0n) is 11.6. The van der Waals surface area contributed by atoms with E-state index in [9.17, 15) is 4.39 Å². The monoisotopic (exact) mass is 299 g/mol. The molecule has 0 saturated carbocycles. The average Bonchev–Trinajstić information content (AvgIpc) is 2.97. The zero-order chi connectivity index (χ0) is 15.4. The van der Waals surface area contributed by atoms with Crippen LogP contribution in [0.4, 0.5) is 15.8 Å². The van der Waals surface area contributed by atoms with Crippen LogP contribution in [-0.2, 0) is 6.54 Å². The summed E-state index contributed by atoms with van der Waals surface area (Å²) >= 11 is 0. The van der Waals surface area contributed by atoms with Crippen LogP contribution in [0.15, 0.2) is 48.5 Å². The molecular formula is C15H14FN5O. The summed E-state index contributed by atoms with van der Waals surface area (Å²) in [7, 11) is 0. The molecular weight excluding hydrogens is 285 g/mol. The van der Waals surface area contributed by atoms with Gasteiger partial charge in [-0.3, -0.25) is 0 Å². The Morgan fingerprint density at radius 2 is 2.00 bits per heavy atom. The molecule has 0 saturated heterocycles. The molecule has 112 valence electrons. The van der Waals surface area contributed by atoms with Crippen LogP contribution in [0.1, 0.15) is 0 Å². The first-order valence-electron chi connectivity index (χ1n) is 6.77. The molecule has 6 nitrogen and oxygen atoms in total. The molecule has 0 fully saturated rings. The standard InChI is InChI=1S/C15H14FN5O/c16-11-4-3-5-12(10-11)17-14-7-2-1-6-13(14)15-18-20-21(19-15)8-9-22/h1-7,10,17,22H,8-9H2. The third-order valence-corrected chi connectivity index (χ3v) is 3.02.